The Bertz CT molecular complexity index is 481. The summed E-state index contributed by atoms with van der Waals surface area (Å²) in [6.07, 6.45) is 2.69. The molecule has 2 rings (SSSR count). The van der Waals surface area contributed by atoms with Gasteiger partial charge in [-0.15, -0.1) is 23.5 Å². The number of nitrogens with one attached hydrogen (secondary N) is 2. The van der Waals surface area contributed by atoms with Gasteiger partial charge in [-0.05, 0) is 37.6 Å². The van der Waals surface area contributed by atoms with Crippen molar-refractivity contribution in [2.45, 2.75) is 29.0 Å². The fourth-order valence-electron chi connectivity index (χ4n) is 1.55. The Morgan fingerprint density at radius 3 is 2.90 bits per heavy atom. The van der Waals surface area contributed by atoms with E-state index in [1.807, 2.05) is 37.4 Å². The van der Waals surface area contributed by atoms with E-state index < -0.39 is 0 Å². The summed E-state index contributed by atoms with van der Waals surface area (Å²) in [5, 5.41) is 7.67. The van der Waals surface area contributed by atoms with Gasteiger partial charge in [0, 0.05) is 21.9 Å². The van der Waals surface area contributed by atoms with Crippen LogP contribution >= 0.6 is 35.1 Å². The van der Waals surface area contributed by atoms with Crippen LogP contribution in [0.5, 0.6) is 0 Å². The second kappa shape index (κ2) is 7.81. The molecule has 1 fully saturated rings. The summed E-state index contributed by atoms with van der Waals surface area (Å²) in [5.74, 6) is 1.01. The molecule has 1 aromatic rings. The summed E-state index contributed by atoms with van der Waals surface area (Å²) in [6.45, 7) is 1.88. The van der Waals surface area contributed by atoms with Crippen molar-refractivity contribution >= 4 is 47.2 Å². The normalized spacial score (nSPS) is 22.2. The number of hydrogen-bond acceptors (Lipinski definition) is 5. The van der Waals surface area contributed by atoms with Gasteiger partial charge in [0.15, 0.2) is 5.50 Å². The number of carbonyl (C=O) groups excluding carboxylic acids is 1. The van der Waals surface area contributed by atoms with Crippen molar-refractivity contribution in [3.05, 3.63) is 29.3 Å². The SMILES string of the molecule is CC1SC(N/N=C/CCSc2ccc(Cl)cc2)NC1=O. The van der Waals surface area contributed by atoms with Gasteiger partial charge in [0.25, 0.3) is 0 Å². The molecule has 0 saturated carbocycles. The van der Waals surface area contributed by atoms with Gasteiger partial charge in [-0.25, -0.2) is 0 Å². The van der Waals surface area contributed by atoms with Crippen LogP contribution in [0, 0.1) is 0 Å². The molecule has 0 aliphatic carbocycles. The first kappa shape index (κ1) is 15.5. The van der Waals surface area contributed by atoms with E-state index >= 15 is 0 Å². The molecular weight excluding hydrogens is 314 g/mol. The van der Waals surface area contributed by atoms with Crippen LogP contribution in [0.1, 0.15) is 13.3 Å². The van der Waals surface area contributed by atoms with E-state index in [0.717, 1.165) is 17.2 Å². The summed E-state index contributed by atoms with van der Waals surface area (Å²) in [5.41, 5.74) is 2.81. The van der Waals surface area contributed by atoms with E-state index in [1.54, 1.807) is 11.8 Å². The number of hydrazone groups is 1. The molecule has 0 radical (unpaired) electrons. The topological polar surface area (TPSA) is 53.5 Å². The number of carbonyl (C=O) groups is 1. The maximum Gasteiger partial charge on any atom is 0.235 e. The standard InChI is InChI=1S/C13H16ClN3OS2/c1-9-12(18)16-13(20-9)17-15-7-2-8-19-11-5-3-10(14)4-6-11/h3-7,9,13,17H,2,8H2,1H3,(H,16,18)/b15-7+. The van der Waals surface area contributed by atoms with Crippen molar-refractivity contribution in [3.8, 4) is 0 Å². The molecule has 0 bridgehead atoms. The molecular formula is C13H16ClN3OS2. The van der Waals surface area contributed by atoms with E-state index in [1.165, 1.54) is 16.7 Å². The monoisotopic (exact) mass is 329 g/mol. The third-order valence-electron chi connectivity index (χ3n) is 2.60. The molecule has 0 aromatic heterocycles. The van der Waals surface area contributed by atoms with Crippen molar-refractivity contribution in [1.82, 2.24) is 10.7 Å². The Hall–Kier alpha value is -0.850. The van der Waals surface area contributed by atoms with Gasteiger partial charge in [-0.2, -0.15) is 5.10 Å². The first-order valence-electron chi connectivity index (χ1n) is 6.26. The van der Waals surface area contributed by atoms with Gasteiger partial charge < -0.3 is 5.32 Å². The Morgan fingerprint density at radius 1 is 1.50 bits per heavy atom. The molecule has 1 aliphatic rings. The van der Waals surface area contributed by atoms with Gasteiger partial charge in [0.2, 0.25) is 5.91 Å². The number of benzene rings is 1. The average Bonchev–Trinajstić information content (AvgIpc) is 2.75. The molecule has 1 heterocycles. The van der Waals surface area contributed by atoms with Crippen LogP contribution in [-0.2, 0) is 4.79 Å². The number of nitrogens with zero attached hydrogens (tertiary/aromatic N) is 1. The highest BCUT2D eigenvalue weighted by molar-refractivity contribution is 8.01. The number of hydrogen-bond donors (Lipinski definition) is 2. The second-order valence-corrected chi connectivity index (χ2v) is 7.25. The lowest BCUT2D eigenvalue weighted by atomic mass is 10.4. The minimum absolute atomic E-state index is 0.0110. The molecule has 4 nitrogen and oxygen atoms in total. The Balaban J connectivity index is 1.60. The zero-order valence-electron chi connectivity index (χ0n) is 11.0. The lowest BCUT2D eigenvalue weighted by molar-refractivity contribution is -0.119. The Labute approximate surface area is 132 Å². The van der Waals surface area contributed by atoms with Crippen LogP contribution in [0.25, 0.3) is 0 Å². The van der Waals surface area contributed by atoms with E-state index in [-0.39, 0.29) is 16.7 Å². The minimum Gasteiger partial charge on any atom is -0.325 e. The first-order valence-corrected chi connectivity index (χ1v) is 8.57. The molecule has 1 aromatic carbocycles. The van der Waals surface area contributed by atoms with Gasteiger partial charge in [-0.1, -0.05) is 11.6 Å². The van der Waals surface area contributed by atoms with Crippen molar-refractivity contribution < 1.29 is 4.79 Å². The smallest absolute Gasteiger partial charge is 0.235 e. The summed E-state index contributed by atoms with van der Waals surface area (Å²) in [7, 11) is 0. The molecule has 108 valence electrons. The second-order valence-electron chi connectivity index (χ2n) is 4.20. The van der Waals surface area contributed by atoms with Crippen LogP contribution in [0.2, 0.25) is 5.02 Å². The highest BCUT2D eigenvalue weighted by atomic mass is 35.5. The number of amides is 1. The molecule has 0 spiro atoms. The fourth-order valence-corrected chi connectivity index (χ4v) is 3.37. The Morgan fingerprint density at radius 2 is 2.25 bits per heavy atom. The number of halogens is 1. The number of thioether (sulfide) groups is 2. The lowest BCUT2D eigenvalue weighted by Crippen LogP contribution is -2.34. The largest absolute Gasteiger partial charge is 0.325 e. The fraction of sp³-hybridized carbons (Fsp3) is 0.385. The van der Waals surface area contributed by atoms with Crippen LogP contribution < -0.4 is 10.7 Å². The highest BCUT2D eigenvalue weighted by Gasteiger charge is 2.28. The molecule has 20 heavy (non-hydrogen) atoms. The summed E-state index contributed by atoms with van der Waals surface area (Å²) < 4.78 is 0. The zero-order valence-corrected chi connectivity index (χ0v) is 13.4. The predicted molar refractivity (Wildman–Crippen MR) is 87.4 cm³/mol. The minimum atomic E-state index is -0.113. The molecule has 7 heteroatoms. The van der Waals surface area contributed by atoms with Crippen molar-refractivity contribution in [1.29, 1.82) is 0 Å². The molecule has 1 aliphatic heterocycles. The maximum atomic E-state index is 11.3. The van der Waals surface area contributed by atoms with Gasteiger partial charge in [0.1, 0.15) is 0 Å². The molecule has 1 amide bonds. The lowest BCUT2D eigenvalue weighted by Gasteiger charge is -2.07. The molecule has 1 saturated heterocycles. The van der Waals surface area contributed by atoms with Crippen molar-refractivity contribution in [2.75, 3.05) is 5.75 Å². The van der Waals surface area contributed by atoms with Crippen molar-refractivity contribution in [2.24, 2.45) is 5.10 Å². The van der Waals surface area contributed by atoms with E-state index in [9.17, 15) is 4.79 Å². The third-order valence-corrected chi connectivity index (χ3v) is 5.01. The third kappa shape index (κ3) is 4.92. The molecule has 2 N–H and O–H groups in total. The van der Waals surface area contributed by atoms with Crippen LogP contribution in [0.15, 0.2) is 34.3 Å². The van der Waals surface area contributed by atoms with Crippen LogP contribution in [-0.4, -0.2) is 28.6 Å². The van der Waals surface area contributed by atoms with E-state index in [4.69, 9.17) is 11.6 Å². The van der Waals surface area contributed by atoms with Gasteiger partial charge >= 0.3 is 0 Å². The zero-order chi connectivity index (χ0) is 14.4. The van der Waals surface area contributed by atoms with E-state index in [0.29, 0.717) is 0 Å². The number of rotatable bonds is 6. The highest BCUT2D eigenvalue weighted by Crippen LogP contribution is 2.21. The van der Waals surface area contributed by atoms with Gasteiger partial charge in [0.05, 0.1) is 5.25 Å². The van der Waals surface area contributed by atoms with Crippen molar-refractivity contribution in [3.63, 3.8) is 0 Å². The average molecular weight is 330 g/mol. The summed E-state index contributed by atoms with van der Waals surface area (Å²) >= 11 is 9.12. The quantitative estimate of drug-likeness (QED) is 0.365. The maximum absolute atomic E-state index is 11.3. The van der Waals surface area contributed by atoms with Crippen LogP contribution in [0.4, 0.5) is 0 Å². The van der Waals surface area contributed by atoms with E-state index in [2.05, 4.69) is 15.8 Å². The summed E-state index contributed by atoms with van der Waals surface area (Å²) in [4.78, 5) is 12.5. The molecule has 2 atom stereocenters. The summed E-state index contributed by atoms with van der Waals surface area (Å²) in [6, 6.07) is 7.80. The Kier molecular flexibility index (Phi) is 6.06. The first-order chi connectivity index (χ1) is 9.65. The van der Waals surface area contributed by atoms with Gasteiger partial charge in [-0.3, -0.25) is 10.2 Å². The van der Waals surface area contributed by atoms with Crippen LogP contribution in [0.3, 0.4) is 0 Å². The molecule has 2 unspecified atom stereocenters. The predicted octanol–water partition coefficient (Wildman–Crippen LogP) is 2.93.